The van der Waals surface area contributed by atoms with Crippen LogP contribution in [0.2, 0.25) is 0 Å². The number of amides is 1. The summed E-state index contributed by atoms with van der Waals surface area (Å²) in [6, 6.07) is 12.1. The minimum Gasteiger partial charge on any atom is -0.497 e. The third-order valence-corrected chi connectivity index (χ3v) is 5.96. The first-order valence-corrected chi connectivity index (χ1v) is 10.3. The van der Waals surface area contributed by atoms with Crippen molar-refractivity contribution in [2.45, 2.75) is 19.4 Å². The summed E-state index contributed by atoms with van der Waals surface area (Å²) in [4.78, 5) is 18.6. The van der Waals surface area contributed by atoms with Crippen LogP contribution in [0, 0.1) is 5.82 Å². The molecular formula is C24H23FN2O4. The fourth-order valence-corrected chi connectivity index (χ4v) is 4.49. The van der Waals surface area contributed by atoms with Gasteiger partial charge in [-0.3, -0.25) is 4.79 Å². The molecule has 2 aromatic carbocycles. The van der Waals surface area contributed by atoms with Crippen molar-refractivity contribution in [2.24, 2.45) is 0 Å². The van der Waals surface area contributed by atoms with Crippen molar-refractivity contribution in [3.8, 4) is 5.75 Å². The van der Waals surface area contributed by atoms with Gasteiger partial charge in [-0.05, 0) is 37.1 Å². The Kier molecular flexibility index (Phi) is 4.81. The Balaban J connectivity index is 1.67. The van der Waals surface area contributed by atoms with E-state index >= 15 is 4.39 Å². The maximum absolute atomic E-state index is 15.2. The van der Waals surface area contributed by atoms with Gasteiger partial charge >= 0.3 is 0 Å². The van der Waals surface area contributed by atoms with E-state index in [4.69, 9.17) is 14.2 Å². The Morgan fingerprint density at radius 1 is 1.19 bits per heavy atom. The third kappa shape index (κ3) is 3.21. The average molecular weight is 422 g/mol. The number of H-pyrrole nitrogens is 1. The number of nitrogens with one attached hydrogen (secondary N) is 1. The number of hydrogen-bond acceptors (Lipinski definition) is 4. The van der Waals surface area contributed by atoms with Crippen LogP contribution in [-0.2, 0) is 20.7 Å². The molecule has 1 N–H and O–H groups in total. The molecule has 0 unspecified atom stereocenters. The third-order valence-electron chi connectivity index (χ3n) is 5.96. The number of carbonyl (C=O) groups excluding carboxylic acids is 1. The molecule has 0 saturated heterocycles. The highest BCUT2D eigenvalue weighted by molar-refractivity contribution is 5.93. The monoisotopic (exact) mass is 422 g/mol. The second kappa shape index (κ2) is 7.65. The number of fused-ring (bicyclic) bond motifs is 3. The fraction of sp³-hybridized carbons (Fsp3) is 0.292. The maximum Gasteiger partial charge on any atom is 0.293 e. The van der Waals surface area contributed by atoms with Gasteiger partial charge in [0.05, 0.1) is 7.11 Å². The standard InChI is InChI=1S/C24H23FN2O4/c1-14-23(31-12-11-30-14)24(28)27-10-9-17-16-5-3-4-6-20(16)26-21(17)22(27)18-8-7-15(29-2)13-19(18)25/h3-8,13,22,26H,9-12H2,1-2H3/t22-/m0/s1. The van der Waals surface area contributed by atoms with E-state index in [1.165, 1.54) is 13.2 Å². The predicted octanol–water partition coefficient (Wildman–Crippen LogP) is 4.07. The number of para-hydroxylation sites is 1. The summed E-state index contributed by atoms with van der Waals surface area (Å²) >= 11 is 0. The first kappa shape index (κ1) is 19.5. The molecule has 160 valence electrons. The van der Waals surface area contributed by atoms with Crippen LogP contribution >= 0.6 is 0 Å². The van der Waals surface area contributed by atoms with E-state index in [0.717, 1.165) is 22.2 Å². The van der Waals surface area contributed by atoms with Gasteiger partial charge < -0.3 is 24.1 Å². The van der Waals surface area contributed by atoms with E-state index in [2.05, 4.69) is 4.98 Å². The number of ether oxygens (including phenoxy) is 3. The molecule has 1 aromatic heterocycles. The molecule has 6 nitrogen and oxygen atoms in total. The zero-order valence-corrected chi connectivity index (χ0v) is 17.4. The molecule has 0 radical (unpaired) electrons. The number of halogens is 1. The quantitative estimate of drug-likeness (QED) is 0.691. The molecule has 0 aliphatic carbocycles. The van der Waals surface area contributed by atoms with Crippen LogP contribution in [0.25, 0.3) is 10.9 Å². The summed E-state index contributed by atoms with van der Waals surface area (Å²) in [7, 11) is 1.50. The van der Waals surface area contributed by atoms with E-state index < -0.39 is 11.9 Å². The summed E-state index contributed by atoms with van der Waals surface area (Å²) in [5.74, 6) is 0.327. The lowest BCUT2D eigenvalue weighted by Gasteiger charge is -2.37. The van der Waals surface area contributed by atoms with Crippen molar-refractivity contribution in [1.82, 2.24) is 9.88 Å². The predicted molar refractivity (Wildman–Crippen MR) is 113 cm³/mol. The average Bonchev–Trinajstić information content (AvgIpc) is 3.17. The van der Waals surface area contributed by atoms with Crippen molar-refractivity contribution < 1.29 is 23.4 Å². The summed E-state index contributed by atoms with van der Waals surface area (Å²) in [6.07, 6.45) is 0.659. The first-order valence-electron chi connectivity index (χ1n) is 10.3. The van der Waals surface area contributed by atoms with Crippen LogP contribution < -0.4 is 4.74 Å². The molecule has 0 spiro atoms. The van der Waals surface area contributed by atoms with Crippen LogP contribution in [-0.4, -0.2) is 42.7 Å². The highest BCUT2D eigenvalue weighted by Crippen LogP contribution is 2.40. The Hall–Kier alpha value is -3.48. The number of hydrogen-bond donors (Lipinski definition) is 1. The van der Waals surface area contributed by atoms with E-state index in [-0.39, 0.29) is 11.7 Å². The van der Waals surface area contributed by atoms with Crippen LogP contribution in [0.4, 0.5) is 4.39 Å². The van der Waals surface area contributed by atoms with Gasteiger partial charge in [0.25, 0.3) is 5.91 Å². The number of nitrogens with zero attached hydrogens (tertiary/aromatic N) is 1. The molecule has 1 atom stereocenters. The molecule has 2 aliphatic heterocycles. The van der Waals surface area contributed by atoms with E-state index in [1.807, 2.05) is 24.3 Å². The number of aromatic amines is 1. The van der Waals surface area contributed by atoms with Gasteiger partial charge in [0.1, 0.15) is 36.6 Å². The van der Waals surface area contributed by atoms with E-state index in [1.54, 1.807) is 24.0 Å². The van der Waals surface area contributed by atoms with Crippen LogP contribution in [0.1, 0.15) is 29.8 Å². The zero-order valence-electron chi connectivity index (χ0n) is 17.4. The molecule has 0 fully saturated rings. The minimum atomic E-state index is -0.625. The van der Waals surface area contributed by atoms with Crippen LogP contribution in [0.3, 0.4) is 0 Å². The van der Waals surface area contributed by atoms with Gasteiger partial charge in [-0.15, -0.1) is 0 Å². The lowest BCUT2D eigenvalue weighted by Crippen LogP contribution is -2.43. The number of carbonyl (C=O) groups is 1. The number of rotatable bonds is 3. The maximum atomic E-state index is 15.2. The van der Waals surface area contributed by atoms with E-state index in [0.29, 0.717) is 43.3 Å². The van der Waals surface area contributed by atoms with Gasteiger partial charge in [-0.1, -0.05) is 18.2 Å². The van der Waals surface area contributed by atoms with Crippen molar-refractivity contribution in [3.63, 3.8) is 0 Å². The Labute approximate surface area is 179 Å². The zero-order chi connectivity index (χ0) is 21.5. The highest BCUT2D eigenvalue weighted by atomic mass is 19.1. The van der Waals surface area contributed by atoms with Gasteiger partial charge in [0.2, 0.25) is 5.76 Å². The number of allylic oxidation sites excluding steroid dienone is 1. The molecule has 0 saturated carbocycles. The number of aromatic nitrogens is 1. The minimum absolute atomic E-state index is 0.185. The lowest BCUT2D eigenvalue weighted by molar-refractivity contribution is -0.135. The normalized spacial score (nSPS) is 18.4. The summed E-state index contributed by atoms with van der Waals surface area (Å²) in [6.45, 7) is 2.87. The Morgan fingerprint density at radius 2 is 2.00 bits per heavy atom. The number of methoxy groups -OCH3 is 1. The topological polar surface area (TPSA) is 63.8 Å². The number of benzene rings is 2. The molecule has 2 aliphatic rings. The largest absolute Gasteiger partial charge is 0.497 e. The van der Waals surface area contributed by atoms with Gasteiger partial charge in [-0.25, -0.2) is 4.39 Å². The highest BCUT2D eigenvalue weighted by Gasteiger charge is 2.38. The SMILES string of the molecule is COc1ccc([C@H]2c3[nH]c4ccccc4c3CCN2C(=O)C2=C(C)OCCO2)c(F)c1. The van der Waals surface area contributed by atoms with Gasteiger partial charge in [-0.2, -0.15) is 0 Å². The second-order valence-electron chi connectivity index (χ2n) is 7.68. The van der Waals surface area contributed by atoms with Crippen LogP contribution in [0.5, 0.6) is 5.75 Å². The van der Waals surface area contributed by atoms with Crippen molar-refractivity contribution in [2.75, 3.05) is 26.9 Å². The smallest absolute Gasteiger partial charge is 0.293 e. The Morgan fingerprint density at radius 3 is 2.77 bits per heavy atom. The molecule has 0 bridgehead atoms. The molecule has 5 rings (SSSR count). The molecular weight excluding hydrogens is 399 g/mol. The summed E-state index contributed by atoms with van der Waals surface area (Å²) < 4.78 is 31.6. The second-order valence-corrected chi connectivity index (χ2v) is 7.68. The lowest BCUT2D eigenvalue weighted by atomic mass is 9.91. The van der Waals surface area contributed by atoms with Crippen molar-refractivity contribution >= 4 is 16.8 Å². The molecule has 7 heteroatoms. The summed E-state index contributed by atoms with van der Waals surface area (Å²) in [5, 5.41) is 1.09. The van der Waals surface area contributed by atoms with Crippen molar-refractivity contribution in [1.29, 1.82) is 0 Å². The van der Waals surface area contributed by atoms with Crippen molar-refractivity contribution in [3.05, 3.63) is 76.6 Å². The van der Waals surface area contributed by atoms with Gasteiger partial charge in [0.15, 0.2) is 0 Å². The summed E-state index contributed by atoms with van der Waals surface area (Å²) in [5.41, 5.74) is 3.29. The fourth-order valence-electron chi connectivity index (χ4n) is 4.49. The van der Waals surface area contributed by atoms with Crippen LogP contribution in [0.15, 0.2) is 54.0 Å². The molecule has 31 heavy (non-hydrogen) atoms. The van der Waals surface area contributed by atoms with Gasteiger partial charge in [0, 0.05) is 34.8 Å². The molecule has 3 heterocycles. The van der Waals surface area contributed by atoms with E-state index in [9.17, 15) is 4.79 Å². The molecule has 3 aromatic rings. The molecule has 1 amide bonds. The Bertz CT molecular complexity index is 1200. The first-order chi connectivity index (χ1) is 15.1.